The largest absolute Gasteiger partial charge is 0.494 e. The fourth-order valence-corrected chi connectivity index (χ4v) is 8.69. The predicted molar refractivity (Wildman–Crippen MR) is 143 cm³/mol. The van der Waals surface area contributed by atoms with Crippen LogP contribution in [0.1, 0.15) is 49.0 Å². The van der Waals surface area contributed by atoms with Crippen molar-refractivity contribution in [2.75, 3.05) is 17.7 Å². The molecule has 3 fully saturated rings. The Morgan fingerprint density at radius 2 is 1.74 bits per heavy atom. The lowest BCUT2D eigenvalue weighted by Crippen LogP contribution is -2.16. The number of carboxylic acid groups (broad SMARTS) is 1. The number of carbonyl (C=O) groups excluding carboxylic acids is 1. The van der Waals surface area contributed by atoms with Gasteiger partial charge in [0.25, 0.3) is 0 Å². The van der Waals surface area contributed by atoms with Gasteiger partial charge in [-0.1, -0.05) is 6.07 Å². The highest BCUT2D eigenvalue weighted by atomic mass is 31.2. The van der Waals surface area contributed by atoms with Crippen molar-refractivity contribution in [3.63, 3.8) is 0 Å². The van der Waals surface area contributed by atoms with E-state index in [0.29, 0.717) is 34.0 Å². The molecule has 0 atom stereocenters. The van der Waals surface area contributed by atoms with Crippen molar-refractivity contribution in [3.8, 4) is 17.0 Å². The minimum absolute atomic E-state index is 0.0366. The highest BCUT2D eigenvalue weighted by molar-refractivity contribution is 7.73. The molecule has 3 aliphatic carbocycles. The number of pyridine rings is 1. The maximum atomic E-state index is 13.8. The molecule has 1 amide bonds. The zero-order valence-electron chi connectivity index (χ0n) is 20.9. The molecule has 0 bridgehead atoms. The van der Waals surface area contributed by atoms with Crippen LogP contribution in [-0.4, -0.2) is 50.6 Å². The Morgan fingerprint density at radius 3 is 2.32 bits per heavy atom. The number of carbonyl (C=O) groups is 2. The normalized spacial score (nSPS) is 17.1. The van der Waals surface area contributed by atoms with E-state index in [9.17, 15) is 19.3 Å². The van der Waals surface area contributed by atoms with Gasteiger partial charge in [0.2, 0.25) is 5.91 Å². The lowest BCUT2D eigenvalue weighted by atomic mass is 10.1. The summed E-state index contributed by atoms with van der Waals surface area (Å²) in [6.45, 7) is 0. The molecule has 196 valence electrons. The van der Waals surface area contributed by atoms with E-state index >= 15 is 0 Å². The molecule has 6 rings (SSSR count). The van der Waals surface area contributed by atoms with E-state index < -0.39 is 13.1 Å². The van der Waals surface area contributed by atoms with Gasteiger partial charge in [-0.25, -0.2) is 4.79 Å². The molecule has 3 aromatic rings. The summed E-state index contributed by atoms with van der Waals surface area (Å²) in [7, 11) is -0.891. The molecule has 0 saturated heterocycles. The van der Waals surface area contributed by atoms with Crippen molar-refractivity contribution in [2.45, 2.75) is 49.8 Å². The number of methoxy groups -OCH3 is 1. The number of ether oxygens (including phenoxy) is 1. The molecule has 38 heavy (non-hydrogen) atoms. The van der Waals surface area contributed by atoms with Gasteiger partial charge in [0, 0.05) is 40.4 Å². The van der Waals surface area contributed by atoms with Crippen LogP contribution in [0.15, 0.2) is 42.6 Å². The van der Waals surface area contributed by atoms with Crippen LogP contribution in [0.25, 0.3) is 11.3 Å². The molecule has 1 aromatic carbocycles. The average molecular weight is 534 g/mol. The van der Waals surface area contributed by atoms with Crippen LogP contribution in [0.3, 0.4) is 0 Å². The van der Waals surface area contributed by atoms with Crippen LogP contribution in [0.4, 0.5) is 17.2 Å². The SMILES string of the molecule is COc1c(Nc2cc(NC(=O)C3CC3)nnc2C(=O)O)cccc1-c1ccc(P(=O)(C2CC2)C2CC2)cn1. The van der Waals surface area contributed by atoms with Crippen LogP contribution in [0.2, 0.25) is 0 Å². The van der Waals surface area contributed by atoms with Crippen LogP contribution < -0.4 is 20.7 Å². The van der Waals surface area contributed by atoms with Crippen molar-refractivity contribution >= 4 is 41.5 Å². The van der Waals surface area contributed by atoms with Gasteiger partial charge in [-0.05, 0) is 62.8 Å². The van der Waals surface area contributed by atoms with Crippen molar-refractivity contribution in [3.05, 3.63) is 48.3 Å². The summed E-state index contributed by atoms with van der Waals surface area (Å²) in [5.41, 5.74) is 2.32. The van der Waals surface area contributed by atoms with Crippen molar-refractivity contribution in [2.24, 2.45) is 5.92 Å². The molecule has 0 aliphatic heterocycles. The van der Waals surface area contributed by atoms with Crippen molar-refractivity contribution < 1.29 is 24.0 Å². The average Bonchev–Trinajstić information content (AvgIpc) is 3.78. The molecule has 0 radical (unpaired) electrons. The third-order valence-corrected chi connectivity index (χ3v) is 11.6. The number of amides is 1. The number of nitrogens with one attached hydrogen (secondary N) is 2. The van der Waals surface area contributed by atoms with Crippen molar-refractivity contribution in [1.82, 2.24) is 15.2 Å². The molecule has 0 unspecified atom stereocenters. The fraction of sp³-hybridized carbons (Fsp3) is 0.370. The highest BCUT2D eigenvalue weighted by Crippen LogP contribution is 2.69. The molecule has 3 saturated carbocycles. The number of aromatic carboxylic acids is 1. The Kier molecular flexibility index (Phi) is 6.14. The molecule has 10 nitrogen and oxygen atoms in total. The fourth-order valence-electron chi connectivity index (χ4n) is 4.87. The number of benzene rings is 1. The van der Waals surface area contributed by atoms with E-state index in [1.807, 2.05) is 18.2 Å². The van der Waals surface area contributed by atoms with Crippen LogP contribution in [-0.2, 0) is 9.36 Å². The summed E-state index contributed by atoms with van der Waals surface area (Å²) in [5.74, 6) is -0.835. The quantitative estimate of drug-likeness (QED) is 0.317. The Balaban J connectivity index is 1.31. The number of hydrogen-bond acceptors (Lipinski definition) is 8. The molecule has 3 N–H and O–H groups in total. The second-order valence-corrected chi connectivity index (χ2v) is 13.5. The number of hydrogen-bond donors (Lipinski definition) is 3. The first-order valence-corrected chi connectivity index (χ1v) is 14.6. The smallest absolute Gasteiger partial charge is 0.358 e. The van der Waals surface area contributed by atoms with Gasteiger partial charge in [0.1, 0.15) is 7.14 Å². The monoisotopic (exact) mass is 533 g/mol. The molecule has 3 aliphatic rings. The standard InChI is InChI=1S/C27H28N5O5P/c1-37-25-19(20-12-11-18(14-28-20)38(36,16-7-8-16)17-9-10-17)3-2-4-21(25)29-22-13-23(30-26(33)15-5-6-15)31-32-24(22)27(34)35/h2-4,11-17H,5-10H2,1H3,(H,34,35)(H2,29,30,31,33). The van der Waals surface area contributed by atoms with E-state index in [1.165, 1.54) is 13.2 Å². The topological polar surface area (TPSA) is 143 Å². The molecule has 0 spiro atoms. The Morgan fingerprint density at radius 1 is 1.00 bits per heavy atom. The minimum atomic E-state index is -2.42. The van der Waals surface area contributed by atoms with E-state index in [1.54, 1.807) is 18.3 Å². The Hall–Kier alpha value is -3.78. The van der Waals surface area contributed by atoms with Crippen LogP contribution in [0.5, 0.6) is 5.75 Å². The van der Waals surface area contributed by atoms with E-state index in [2.05, 4.69) is 25.8 Å². The molecule has 2 heterocycles. The lowest BCUT2D eigenvalue weighted by molar-refractivity contribution is -0.117. The zero-order chi connectivity index (χ0) is 26.4. The summed E-state index contributed by atoms with van der Waals surface area (Å²) < 4.78 is 19.6. The number of nitrogens with zero attached hydrogens (tertiary/aromatic N) is 3. The Bertz CT molecular complexity index is 1450. The van der Waals surface area contributed by atoms with Gasteiger partial charge >= 0.3 is 5.97 Å². The van der Waals surface area contributed by atoms with Crippen molar-refractivity contribution in [1.29, 1.82) is 0 Å². The Labute approximate surface area is 219 Å². The number of para-hydroxylation sites is 1. The number of anilines is 3. The van der Waals surface area contributed by atoms with Gasteiger partial charge in [-0.2, -0.15) is 0 Å². The summed E-state index contributed by atoms with van der Waals surface area (Å²) in [4.78, 5) is 28.7. The summed E-state index contributed by atoms with van der Waals surface area (Å²) >= 11 is 0. The van der Waals surface area contributed by atoms with Gasteiger partial charge in [0.05, 0.1) is 24.2 Å². The maximum Gasteiger partial charge on any atom is 0.358 e. The van der Waals surface area contributed by atoms with E-state index in [0.717, 1.165) is 43.8 Å². The predicted octanol–water partition coefficient (Wildman–Crippen LogP) is 4.65. The van der Waals surface area contributed by atoms with Crippen LogP contribution >= 0.6 is 7.14 Å². The molecular formula is C27H28N5O5P. The first kappa shape index (κ1) is 24.6. The zero-order valence-corrected chi connectivity index (χ0v) is 21.8. The molecule has 11 heteroatoms. The van der Waals surface area contributed by atoms with Gasteiger partial charge in [-0.15, -0.1) is 10.2 Å². The lowest BCUT2D eigenvalue weighted by Gasteiger charge is -2.19. The van der Waals surface area contributed by atoms with E-state index in [4.69, 9.17) is 4.74 Å². The first-order valence-electron chi connectivity index (χ1n) is 12.8. The summed E-state index contributed by atoms with van der Waals surface area (Å²) in [6, 6.07) is 10.7. The number of aromatic nitrogens is 3. The van der Waals surface area contributed by atoms with E-state index in [-0.39, 0.29) is 29.0 Å². The summed E-state index contributed by atoms with van der Waals surface area (Å²) in [6.07, 6.45) is 7.54. The van der Waals surface area contributed by atoms with Crippen LogP contribution in [0, 0.1) is 5.92 Å². The first-order chi connectivity index (χ1) is 18.4. The van der Waals surface area contributed by atoms with Gasteiger partial charge in [-0.3, -0.25) is 9.78 Å². The minimum Gasteiger partial charge on any atom is -0.494 e. The number of rotatable bonds is 10. The summed E-state index contributed by atoms with van der Waals surface area (Å²) in [5, 5.41) is 24.0. The maximum absolute atomic E-state index is 13.8. The molecule has 2 aromatic heterocycles. The van der Waals surface area contributed by atoms with Gasteiger partial charge in [0.15, 0.2) is 17.3 Å². The third kappa shape index (κ3) is 4.65. The molecular weight excluding hydrogens is 505 g/mol. The third-order valence-electron chi connectivity index (χ3n) is 7.29. The second kappa shape index (κ2) is 9.51. The highest BCUT2D eigenvalue weighted by Gasteiger charge is 2.51. The second-order valence-electron chi connectivity index (χ2n) is 10.1. The number of carboxylic acids is 1. The van der Waals surface area contributed by atoms with Gasteiger partial charge < -0.3 is 25.0 Å².